The van der Waals surface area contributed by atoms with E-state index in [1.54, 1.807) is 4.90 Å². The minimum Gasteiger partial charge on any atom is -0.378 e. The highest BCUT2D eigenvalue weighted by Crippen LogP contribution is 2.29. The molecule has 0 bridgehead atoms. The molecule has 0 spiro atoms. The van der Waals surface area contributed by atoms with Crippen LogP contribution in [0.3, 0.4) is 0 Å². The third kappa shape index (κ3) is 2.52. The molecule has 1 aliphatic rings. The number of hydrogen-bond donors (Lipinski definition) is 2. The number of H-pyrrole nitrogens is 1. The topological polar surface area (TPSA) is 95.0 Å². The van der Waals surface area contributed by atoms with E-state index in [0.29, 0.717) is 5.75 Å². The fraction of sp³-hybridized carbons (Fsp3) is 0.333. The summed E-state index contributed by atoms with van der Waals surface area (Å²) in [6, 6.07) is 9.73. The fourth-order valence-corrected chi connectivity index (χ4v) is 2.84. The van der Waals surface area contributed by atoms with Gasteiger partial charge >= 0.3 is 0 Å². The highest BCUT2D eigenvalue weighted by molar-refractivity contribution is 8.00. The van der Waals surface area contributed by atoms with Gasteiger partial charge in [-0.05, 0) is 12.1 Å². The lowest BCUT2D eigenvalue weighted by atomic mass is 9.93. The first-order valence-electron chi connectivity index (χ1n) is 6.09. The second-order valence-corrected chi connectivity index (χ2v) is 5.67. The van der Waals surface area contributed by atoms with Gasteiger partial charge in [-0.15, -0.1) is 22.0 Å². The van der Waals surface area contributed by atoms with Crippen molar-refractivity contribution in [2.75, 3.05) is 18.8 Å². The standard InChI is InChI=1S/C12H13N5O2S/c18-10(6-20-9-4-2-1-3-5-9)17-7-12(19,8-17)11-13-15-16-14-11/h1-5,19H,6-8H2,(H,13,14,15,16). The van der Waals surface area contributed by atoms with Crippen LogP contribution >= 0.6 is 11.8 Å². The lowest BCUT2D eigenvalue weighted by Gasteiger charge is -2.44. The molecule has 1 aliphatic heterocycles. The van der Waals surface area contributed by atoms with Crippen molar-refractivity contribution < 1.29 is 9.90 Å². The number of β-amino-alcohol motifs (C(OH)–C–C–N with tert-alkyl or cyclic N) is 1. The van der Waals surface area contributed by atoms with Crippen molar-refractivity contribution >= 4 is 17.7 Å². The number of aliphatic hydroxyl groups is 1. The molecule has 2 aromatic rings. The number of carbonyl (C=O) groups excluding carboxylic acids is 1. The maximum Gasteiger partial charge on any atom is 0.233 e. The summed E-state index contributed by atoms with van der Waals surface area (Å²) in [5, 5.41) is 23.4. The molecule has 2 N–H and O–H groups in total. The molecule has 0 saturated carbocycles. The average molecular weight is 291 g/mol. The van der Waals surface area contributed by atoms with E-state index in [1.165, 1.54) is 11.8 Å². The molecule has 1 saturated heterocycles. The van der Waals surface area contributed by atoms with Gasteiger partial charge in [0.05, 0.1) is 18.8 Å². The van der Waals surface area contributed by atoms with Crippen molar-refractivity contribution in [1.82, 2.24) is 25.5 Å². The molecule has 0 atom stereocenters. The Morgan fingerprint density at radius 2 is 2.15 bits per heavy atom. The first-order chi connectivity index (χ1) is 9.67. The number of rotatable bonds is 4. The third-order valence-electron chi connectivity index (χ3n) is 3.12. The van der Waals surface area contributed by atoms with Crippen molar-refractivity contribution in [3.63, 3.8) is 0 Å². The molecule has 1 fully saturated rings. The summed E-state index contributed by atoms with van der Waals surface area (Å²) in [5.74, 6) is 0.580. The number of aromatic amines is 1. The van der Waals surface area contributed by atoms with E-state index in [0.717, 1.165) is 4.90 Å². The Kier molecular flexibility index (Phi) is 3.41. The van der Waals surface area contributed by atoms with Crippen LogP contribution in [0.15, 0.2) is 35.2 Å². The van der Waals surface area contributed by atoms with Gasteiger partial charge < -0.3 is 10.0 Å². The predicted octanol–water partition coefficient (Wildman–Crippen LogP) is 0.0218. The Bertz CT molecular complexity index is 583. The van der Waals surface area contributed by atoms with E-state index in [1.807, 2.05) is 30.3 Å². The van der Waals surface area contributed by atoms with Crippen LogP contribution in [0.4, 0.5) is 0 Å². The zero-order valence-corrected chi connectivity index (χ0v) is 11.4. The zero-order valence-electron chi connectivity index (χ0n) is 10.6. The lowest BCUT2D eigenvalue weighted by Crippen LogP contribution is -2.62. The number of amides is 1. The molecule has 104 valence electrons. The molecule has 0 radical (unpaired) electrons. The maximum atomic E-state index is 12.0. The van der Waals surface area contributed by atoms with Gasteiger partial charge in [0.2, 0.25) is 11.7 Å². The van der Waals surface area contributed by atoms with E-state index >= 15 is 0 Å². The second-order valence-electron chi connectivity index (χ2n) is 4.62. The Morgan fingerprint density at radius 1 is 1.40 bits per heavy atom. The SMILES string of the molecule is O=C(CSc1ccccc1)N1CC(O)(c2nn[nH]n2)C1. The molecule has 1 aromatic heterocycles. The number of hydrogen-bond acceptors (Lipinski definition) is 6. The van der Waals surface area contributed by atoms with Gasteiger partial charge in [-0.3, -0.25) is 4.79 Å². The molecule has 7 nitrogen and oxygen atoms in total. The van der Waals surface area contributed by atoms with Gasteiger partial charge in [0.1, 0.15) is 0 Å². The van der Waals surface area contributed by atoms with E-state index < -0.39 is 5.60 Å². The minimum atomic E-state index is -1.17. The van der Waals surface area contributed by atoms with Crippen LogP contribution in [-0.2, 0) is 10.4 Å². The average Bonchev–Trinajstić information content (AvgIpc) is 2.97. The zero-order chi connectivity index (χ0) is 14.0. The van der Waals surface area contributed by atoms with Crippen LogP contribution in [0, 0.1) is 0 Å². The number of nitrogens with one attached hydrogen (secondary N) is 1. The van der Waals surface area contributed by atoms with Crippen LogP contribution in [0.5, 0.6) is 0 Å². The van der Waals surface area contributed by atoms with Gasteiger partial charge in [-0.1, -0.05) is 23.4 Å². The molecule has 3 rings (SSSR count). The van der Waals surface area contributed by atoms with Crippen LogP contribution in [0.2, 0.25) is 0 Å². The van der Waals surface area contributed by atoms with Crippen molar-refractivity contribution in [3.05, 3.63) is 36.2 Å². The Labute approximate surface area is 119 Å². The van der Waals surface area contributed by atoms with Crippen molar-refractivity contribution in [3.8, 4) is 0 Å². The monoisotopic (exact) mass is 291 g/mol. The van der Waals surface area contributed by atoms with E-state index in [2.05, 4.69) is 20.6 Å². The van der Waals surface area contributed by atoms with E-state index in [9.17, 15) is 9.90 Å². The highest BCUT2D eigenvalue weighted by Gasteiger charge is 2.48. The van der Waals surface area contributed by atoms with Crippen molar-refractivity contribution in [2.24, 2.45) is 0 Å². The number of thioether (sulfide) groups is 1. The molecule has 1 amide bonds. The largest absolute Gasteiger partial charge is 0.378 e. The highest BCUT2D eigenvalue weighted by atomic mass is 32.2. The van der Waals surface area contributed by atoms with Crippen molar-refractivity contribution in [2.45, 2.75) is 10.5 Å². The molecule has 1 aromatic carbocycles. The molecule has 8 heteroatoms. The van der Waals surface area contributed by atoms with Crippen LogP contribution in [0.1, 0.15) is 5.82 Å². The second kappa shape index (κ2) is 5.22. The van der Waals surface area contributed by atoms with Gasteiger partial charge in [0.15, 0.2) is 5.60 Å². The molecule has 2 heterocycles. The van der Waals surface area contributed by atoms with E-state index in [4.69, 9.17) is 0 Å². The number of carbonyl (C=O) groups is 1. The molecule has 20 heavy (non-hydrogen) atoms. The summed E-state index contributed by atoms with van der Waals surface area (Å²) in [7, 11) is 0. The molecular formula is C12H13N5O2S. The minimum absolute atomic E-state index is 0.00739. The van der Waals surface area contributed by atoms with Gasteiger partial charge in [-0.2, -0.15) is 5.21 Å². The van der Waals surface area contributed by atoms with E-state index in [-0.39, 0.29) is 24.8 Å². The quantitative estimate of drug-likeness (QED) is 0.771. The van der Waals surface area contributed by atoms with Gasteiger partial charge in [-0.25, -0.2) is 0 Å². The fourth-order valence-electron chi connectivity index (χ4n) is 2.01. The Hall–Kier alpha value is -1.93. The molecular weight excluding hydrogens is 278 g/mol. The Balaban J connectivity index is 1.51. The van der Waals surface area contributed by atoms with Crippen LogP contribution in [0.25, 0.3) is 0 Å². The first-order valence-corrected chi connectivity index (χ1v) is 7.08. The lowest BCUT2D eigenvalue weighted by molar-refractivity contribution is -0.156. The summed E-state index contributed by atoms with van der Waals surface area (Å²) >= 11 is 1.48. The summed E-state index contributed by atoms with van der Waals surface area (Å²) in [6.07, 6.45) is 0. The number of benzene rings is 1. The van der Waals surface area contributed by atoms with Gasteiger partial charge in [0.25, 0.3) is 0 Å². The smallest absolute Gasteiger partial charge is 0.233 e. The number of aromatic nitrogens is 4. The molecule has 0 aliphatic carbocycles. The molecule has 0 unspecified atom stereocenters. The summed E-state index contributed by atoms with van der Waals surface area (Å²) in [4.78, 5) is 14.6. The van der Waals surface area contributed by atoms with Gasteiger partial charge in [0, 0.05) is 4.90 Å². The van der Waals surface area contributed by atoms with Crippen LogP contribution in [-0.4, -0.2) is 55.4 Å². The third-order valence-corrected chi connectivity index (χ3v) is 4.12. The Morgan fingerprint density at radius 3 is 2.80 bits per heavy atom. The number of nitrogens with zero attached hydrogens (tertiary/aromatic N) is 4. The summed E-state index contributed by atoms with van der Waals surface area (Å²) in [6.45, 7) is 0.418. The number of tetrazole rings is 1. The summed E-state index contributed by atoms with van der Waals surface area (Å²) < 4.78 is 0. The van der Waals surface area contributed by atoms with Crippen molar-refractivity contribution in [1.29, 1.82) is 0 Å². The normalized spacial score (nSPS) is 16.8. The number of likely N-dealkylation sites (tertiary alicyclic amines) is 1. The predicted molar refractivity (Wildman–Crippen MR) is 71.8 cm³/mol. The summed E-state index contributed by atoms with van der Waals surface area (Å²) in [5.41, 5.74) is -1.17. The van der Waals surface area contributed by atoms with Crippen LogP contribution < -0.4 is 0 Å². The first kappa shape index (κ1) is 13.1. The maximum absolute atomic E-state index is 12.0.